The minimum absolute atomic E-state index is 0.0145. The van der Waals surface area contributed by atoms with Crippen molar-refractivity contribution in [3.63, 3.8) is 0 Å². The van der Waals surface area contributed by atoms with Gasteiger partial charge in [0.05, 0.1) is 6.42 Å². The van der Waals surface area contributed by atoms with Gasteiger partial charge in [-0.3, -0.25) is 24.7 Å². The molecule has 23 heavy (non-hydrogen) atoms. The number of likely N-dealkylation sites (tertiary alicyclic amines) is 1. The Hall–Kier alpha value is -2.28. The lowest BCUT2D eigenvalue weighted by atomic mass is 10.1. The first-order valence-electron chi connectivity index (χ1n) is 7.54. The van der Waals surface area contributed by atoms with Crippen molar-refractivity contribution in [2.75, 3.05) is 6.54 Å². The van der Waals surface area contributed by atoms with Crippen molar-refractivity contribution in [1.82, 2.24) is 15.8 Å². The van der Waals surface area contributed by atoms with Gasteiger partial charge in [0.1, 0.15) is 11.9 Å². The summed E-state index contributed by atoms with van der Waals surface area (Å²) >= 11 is 0. The molecule has 1 aromatic carbocycles. The number of nitrogens with zero attached hydrogens (tertiary/aromatic N) is 1. The summed E-state index contributed by atoms with van der Waals surface area (Å²) in [6, 6.07) is 4.25. The number of hydrazine groups is 1. The molecule has 0 aliphatic carbocycles. The molecule has 6 nitrogen and oxygen atoms in total. The van der Waals surface area contributed by atoms with Crippen molar-refractivity contribution in [3.05, 3.63) is 35.6 Å². The molecule has 0 bridgehead atoms. The smallest absolute Gasteiger partial charge is 0.265 e. The number of nitrogens with one attached hydrogen (secondary N) is 2. The summed E-state index contributed by atoms with van der Waals surface area (Å²) in [6.45, 7) is 4.42. The van der Waals surface area contributed by atoms with E-state index in [-0.39, 0.29) is 23.8 Å². The first kappa shape index (κ1) is 17.1. The van der Waals surface area contributed by atoms with Crippen LogP contribution in [0.4, 0.5) is 4.39 Å². The van der Waals surface area contributed by atoms with Crippen LogP contribution in [0.2, 0.25) is 0 Å². The molecular formula is C16H20FN3O3. The SMILES string of the molecule is CC(C)CCN1C(=O)CC(NNC(=O)c2ccc(F)cc2)C1=O. The van der Waals surface area contributed by atoms with E-state index in [1.165, 1.54) is 29.2 Å². The van der Waals surface area contributed by atoms with Crippen LogP contribution in [0, 0.1) is 11.7 Å². The van der Waals surface area contributed by atoms with Gasteiger partial charge in [0.25, 0.3) is 5.91 Å². The second-order valence-electron chi connectivity index (χ2n) is 5.93. The molecule has 1 aliphatic heterocycles. The summed E-state index contributed by atoms with van der Waals surface area (Å²) in [6.07, 6.45) is 0.757. The molecule has 0 aromatic heterocycles. The fraction of sp³-hybridized carbons (Fsp3) is 0.438. The Morgan fingerprint density at radius 1 is 1.30 bits per heavy atom. The van der Waals surface area contributed by atoms with Crippen LogP contribution in [0.5, 0.6) is 0 Å². The van der Waals surface area contributed by atoms with Gasteiger partial charge in [-0.1, -0.05) is 13.8 Å². The molecule has 3 amide bonds. The van der Waals surface area contributed by atoms with E-state index in [4.69, 9.17) is 0 Å². The highest BCUT2D eigenvalue weighted by Crippen LogP contribution is 2.14. The van der Waals surface area contributed by atoms with Crippen LogP contribution >= 0.6 is 0 Å². The summed E-state index contributed by atoms with van der Waals surface area (Å²) in [7, 11) is 0. The molecule has 1 fully saturated rings. The third-order valence-corrected chi connectivity index (χ3v) is 3.64. The Bertz CT molecular complexity index is 601. The summed E-state index contributed by atoms with van der Waals surface area (Å²) < 4.78 is 12.8. The average Bonchev–Trinajstić information content (AvgIpc) is 2.77. The molecule has 2 N–H and O–H groups in total. The fourth-order valence-corrected chi connectivity index (χ4v) is 2.24. The predicted octanol–water partition coefficient (Wildman–Crippen LogP) is 1.23. The lowest BCUT2D eigenvalue weighted by Crippen LogP contribution is -2.48. The first-order valence-corrected chi connectivity index (χ1v) is 7.54. The second-order valence-corrected chi connectivity index (χ2v) is 5.93. The summed E-state index contributed by atoms with van der Waals surface area (Å²) in [5.41, 5.74) is 5.23. The van der Waals surface area contributed by atoms with Gasteiger partial charge < -0.3 is 0 Å². The van der Waals surface area contributed by atoms with Crippen LogP contribution in [-0.4, -0.2) is 35.2 Å². The van der Waals surface area contributed by atoms with Gasteiger partial charge in [0.2, 0.25) is 11.8 Å². The lowest BCUT2D eigenvalue weighted by Gasteiger charge is -2.16. The van der Waals surface area contributed by atoms with E-state index in [9.17, 15) is 18.8 Å². The predicted molar refractivity (Wildman–Crippen MR) is 81.6 cm³/mol. The number of imide groups is 1. The van der Waals surface area contributed by atoms with E-state index in [1.807, 2.05) is 13.8 Å². The normalized spacial score (nSPS) is 17.9. The van der Waals surface area contributed by atoms with Gasteiger partial charge in [-0.2, -0.15) is 0 Å². The number of halogens is 1. The first-order chi connectivity index (χ1) is 10.9. The third-order valence-electron chi connectivity index (χ3n) is 3.64. The van der Waals surface area contributed by atoms with Crippen molar-refractivity contribution in [3.8, 4) is 0 Å². The van der Waals surface area contributed by atoms with Crippen LogP contribution in [0.1, 0.15) is 37.0 Å². The quantitative estimate of drug-likeness (QED) is 0.610. The topological polar surface area (TPSA) is 78.5 Å². The molecule has 1 atom stereocenters. The zero-order valence-electron chi connectivity index (χ0n) is 13.1. The highest BCUT2D eigenvalue weighted by molar-refractivity contribution is 6.05. The Morgan fingerprint density at radius 3 is 2.57 bits per heavy atom. The Kier molecular flexibility index (Phi) is 5.44. The molecule has 0 saturated carbocycles. The van der Waals surface area contributed by atoms with Crippen LogP contribution in [0.15, 0.2) is 24.3 Å². The van der Waals surface area contributed by atoms with Crippen molar-refractivity contribution in [2.24, 2.45) is 5.92 Å². The van der Waals surface area contributed by atoms with Crippen molar-refractivity contribution < 1.29 is 18.8 Å². The largest absolute Gasteiger partial charge is 0.287 e. The molecular weight excluding hydrogens is 301 g/mol. The Balaban J connectivity index is 1.88. The molecule has 1 aliphatic rings. The van der Waals surface area contributed by atoms with E-state index in [2.05, 4.69) is 10.9 Å². The number of carbonyl (C=O) groups excluding carboxylic acids is 3. The number of benzene rings is 1. The van der Waals surface area contributed by atoms with Crippen LogP contribution in [-0.2, 0) is 9.59 Å². The Morgan fingerprint density at radius 2 is 1.96 bits per heavy atom. The molecule has 2 rings (SSSR count). The molecule has 0 spiro atoms. The van der Waals surface area contributed by atoms with Crippen molar-refractivity contribution >= 4 is 17.7 Å². The second kappa shape index (κ2) is 7.32. The third kappa shape index (κ3) is 4.35. The number of rotatable bonds is 6. The Labute approximate surface area is 134 Å². The molecule has 1 heterocycles. The van der Waals surface area contributed by atoms with Crippen molar-refractivity contribution in [1.29, 1.82) is 0 Å². The fourth-order valence-electron chi connectivity index (χ4n) is 2.24. The highest BCUT2D eigenvalue weighted by atomic mass is 19.1. The highest BCUT2D eigenvalue weighted by Gasteiger charge is 2.38. The van der Waals surface area contributed by atoms with E-state index in [0.717, 1.165) is 6.42 Å². The van der Waals surface area contributed by atoms with Gasteiger partial charge in [0.15, 0.2) is 0 Å². The standard InChI is InChI=1S/C16H20FN3O3/c1-10(2)7-8-20-14(21)9-13(16(20)23)18-19-15(22)11-3-5-12(17)6-4-11/h3-6,10,13,18H,7-9H2,1-2H3,(H,19,22). The zero-order chi connectivity index (χ0) is 17.0. The average molecular weight is 321 g/mol. The number of hydrogen-bond acceptors (Lipinski definition) is 4. The van der Waals surface area contributed by atoms with E-state index in [0.29, 0.717) is 12.5 Å². The molecule has 124 valence electrons. The van der Waals surface area contributed by atoms with E-state index < -0.39 is 17.8 Å². The maximum absolute atomic E-state index is 12.8. The monoisotopic (exact) mass is 321 g/mol. The summed E-state index contributed by atoms with van der Waals surface area (Å²) in [5.74, 6) is -1.13. The maximum Gasteiger partial charge on any atom is 0.265 e. The van der Waals surface area contributed by atoms with Gasteiger partial charge in [0, 0.05) is 12.1 Å². The number of amides is 3. The van der Waals surface area contributed by atoms with Crippen molar-refractivity contribution in [2.45, 2.75) is 32.7 Å². The van der Waals surface area contributed by atoms with Crippen LogP contribution < -0.4 is 10.9 Å². The minimum Gasteiger partial charge on any atom is -0.287 e. The van der Waals surface area contributed by atoms with E-state index >= 15 is 0 Å². The van der Waals surface area contributed by atoms with E-state index in [1.54, 1.807) is 0 Å². The number of hydrogen-bond donors (Lipinski definition) is 2. The molecule has 0 radical (unpaired) electrons. The van der Waals surface area contributed by atoms with Crippen LogP contribution in [0.3, 0.4) is 0 Å². The van der Waals surface area contributed by atoms with Gasteiger partial charge in [-0.25, -0.2) is 9.82 Å². The molecule has 7 heteroatoms. The van der Waals surface area contributed by atoms with Crippen LogP contribution in [0.25, 0.3) is 0 Å². The minimum atomic E-state index is -0.765. The van der Waals surface area contributed by atoms with Gasteiger partial charge >= 0.3 is 0 Å². The maximum atomic E-state index is 12.8. The lowest BCUT2D eigenvalue weighted by molar-refractivity contribution is -0.139. The number of carbonyl (C=O) groups is 3. The molecule has 1 unspecified atom stereocenters. The zero-order valence-corrected chi connectivity index (χ0v) is 13.1. The van der Waals surface area contributed by atoms with Gasteiger partial charge in [-0.15, -0.1) is 0 Å². The molecule has 1 aromatic rings. The summed E-state index contributed by atoms with van der Waals surface area (Å²) in [4.78, 5) is 37.1. The van der Waals surface area contributed by atoms with Gasteiger partial charge in [-0.05, 0) is 36.6 Å². The molecule has 1 saturated heterocycles. The summed E-state index contributed by atoms with van der Waals surface area (Å²) in [5, 5.41) is 0.